The lowest BCUT2D eigenvalue weighted by molar-refractivity contribution is 0.0908. The lowest BCUT2D eigenvalue weighted by atomic mass is 9.84. The van der Waals surface area contributed by atoms with E-state index in [-0.39, 0.29) is 22.9 Å². The van der Waals surface area contributed by atoms with Crippen LogP contribution in [0.15, 0.2) is 29.2 Å². The van der Waals surface area contributed by atoms with Crippen LogP contribution in [-0.2, 0) is 10.0 Å². The van der Waals surface area contributed by atoms with Crippen molar-refractivity contribution in [2.24, 2.45) is 11.7 Å². The van der Waals surface area contributed by atoms with E-state index >= 15 is 0 Å². The molecule has 1 aromatic rings. The van der Waals surface area contributed by atoms with Gasteiger partial charge in [-0.1, -0.05) is 12.8 Å². The molecule has 2 unspecified atom stereocenters. The van der Waals surface area contributed by atoms with Crippen molar-refractivity contribution in [3.05, 3.63) is 29.8 Å². The van der Waals surface area contributed by atoms with Crippen LogP contribution in [0.1, 0.15) is 49.9 Å². The molecule has 1 aliphatic rings. The lowest BCUT2D eigenvalue weighted by Crippen LogP contribution is -2.44. The van der Waals surface area contributed by atoms with E-state index in [2.05, 4.69) is 10.0 Å². The summed E-state index contributed by atoms with van der Waals surface area (Å²) >= 11 is 0. The van der Waals surface area contributed by atoms with E-state index in [0.29, 0.717) is 18.0 Å². The van der Waals surface area contributed by atoms with Crippen LogP contribution in [0.3, 0.4) is 0 Å². The fraction of sp³-hybridized carbons (Fsp3) is 0.588. The fourth-order valence-corrected chi connectivity index (χ4v) is 4.35. The summed E-state index contributed by atoms with van der Waals surface area (Å²) < 4.78 is 26.7. The number of nitrogens with one attached hydrogen (secondary N) is 2. The highest BCUT2D eigenvalue weighted by molar-refractivity contribution is 7.89. The average Bonchev–Trinajstić information content (AvgIpc) is 2.54. The Hall–Kier alpha value is -1.44. The Morgan fingerprint density at radius 1 is 1.21 bits per heavy atom. The monoisotopic (exact) mass is 353 g/mol. The summed E-state index contributed by atoms with van der Waals surface area (Å²) in [6, 6.07) is 5.93. The van der Waals surface area contributed by atoms with Crippen molar-refractivity contribution in [2.75, 3.05) is 6.54 Å². The van der Waals surface area contributed by atoms with Gasteiger partial charge in [0.05, 0.1) is 4.90 Å². The molecule has 0 radical (unpaired) electrons. The second kappa shape index (κ2) is 8.09. The minimum atomic E-state index is -3.54. The van der Waals surface area contributed by atoms with Crippen molar-refractivity contribution in [3.8, 4) is 0 Å². The van der Waals surface area contributed by atoms with E-state index < -0.39 is 10.0 Å². The Labute approximate surface area is 144 Å². The summed E-state index contributed by atoms with van der Waals surface area (Å²) in [7, 11) is -3.54. The zero-order chi connectivity index (χ0) is 17.7. The third-order valence-corrected chi connectivity index (χ3v) is 6.02. The number of nitrogens with two attached hydrogens (primary N) is 1. The highest BCUT2D eigenvalue weighted by Crippen LogP contribution is 2.24. The molecule has 1 aliphatic carbocycles. The number of benzene rings is 1. The maximum atomic E-state index is 12.4. The normalized spacial score (nSPS) is 21.7. The lowest BCUT2D eigenvalue weighted by Gasteiger charge is -2.31. The van der Waals surface area contributed by atoms with Crippen molar-refractivity contribution < 1.29 is 13.2 Å². The summed E-state index contributed by atoms with van der Waals surface area (Å²) in [6.07, 6.45) is 4.24. The van der Waals surface area contributed by atoms with E-state index in [1.807, 2.05) is 0 Å². The van der Waals surface area contributed by atoms with Crippen molar-refractivity contribution in [1.29, 1.82) is 0 Å². The Bertz CT molecular complexity index is 656. The summed E-state index contributed by atoms with van der Waals surface area (Å²) in [6.45, 7) is 4.10. The second-order valence-corrected chi connectivity index (χ2v) is 8.37. The van der Waals surface area contributed by atoms with Gasteiger partial charge in [0.1, 0.15) is 0 Å². The minimum absolute atomic E-state index is 0.0993. The SMILES string of the molecule is CC(C)NS(=O)(=O)c1ccc(C(=O)NC2CCCCC2CN)cc1. The smallest absolute Gasteiger partial charge is 0.251 e. The molecule has 1 fully saturated rings. The van der Waals surface area contributed by atoms with Gasteiger partial charge in [0.15, 0.2) is 0 Å². The van der Waals surface area contributed by atoms with Crippen LogP contribution < -0.4 is 15.8 Å². The Morgan fingerprint density at radius 3 is 2.42 bits per heavy atom. The quantitative estimate of drug-likeness (QED) is 0.723. The zero-order valence-corrected chi connectivity index (χ0v) is 15.1. The Morgan fingerprint density at radius 2 is 1.83 bits per heavy atom. The molecular weight excluding hydrogens is 326 g/mol. The molecule has 134 valence electrons. The van der Waals surface area contributed by atoms with Gasteiger partial charge >= 0.3 is 0 Å². The van der Waals surface area contributed by atoms with Crippen molar-refractivity contribution in [2.45, 2.75) is 56.5 Å². The van der Waals surface area contributed by atoms with E-state index in [0.717, 1.165) is 25.7 Å². The molecule has 0 aromatic heterocycles. The second-order valence-electron chi connectivity index (χ2n) is 6.66. The van der Waals surface area contributed by atoms with Crippen LogP contribution in [0.2, 0.25) is 0 Å². The molecule has 24 heavy (non-hydrogen) atoms. The first-order valence-corrected chi connectivity index (χ1v) is 9.95. The van der Waals surface area contributed by atoms with Gasteiger partial charge < -0.3 is 11.1 Å². The summed E-state index contributed by atoms with van der Waals surface area (Å²) in [5.41, 5.74) is 6.25. The number of sulfonamides is 1. The van der Waals surface area contributed by atoms with Crippen LogP contribution in [0, 0.1) is 5.92 Å². The molecule has 0 heterocycles. The molecule has 2 rings (SSSR count). The average molecular weight is 353 g/mol. The number of carbonyl (C=O) groups excluding carboxylic acids is 1. The molecule has 2 atom stereocenters. The van der Waals surface area contributed by atoms with Gasteiger partial charge in [-0.2, -0.15) is 0 Å². The zero-order valence-electron chi connectivity index (χ0n) is 14.3. The minimum Gasteiger partial charge on any atom is -0.349 e. The van der Waals surface area contributed by atoms with Gasteiger partial charge in [-0.25, -0.2) is 13.1 Å². The molecule has 1 aromatic carbocycles. The van der Waals surface area contributed by atoms with Gasteiger partial charge in [-0.05, 0) is 63.4 Å². The van der Waals surface area contributed by atoms with Crippen LogP contribution in [0.4, 0.5) is 0 Å². The van der Waals surface area contributed by atoms with Crippen molar-refractivity contribution >= 4 is 15.9 Å². The van der Waals surface area contributed by atoms with Gasteiger partial charge in [-0.15, -0.1) is 0 Å². The number of hydrogen-bond donors (Lipinski definition) is 3. The standard InChI is InChI=1S/C17H27N3O3S/c1-12(2)20-24(22,23)15-9-7-13(8-10-15)17(21)19-16-6-4-3-5-14(16)11-18/h7-10,12,14,16,20H,3-6,11,18H2,1-2H3,(H,19,21). The Kier molecular flexibility index (Phi) is 6.37. The van der Waals surface area contributed by atoms with Gasteiger partial charge in [0.2, 0.25) is 10.0 Å². The van der Waals surface area contributed by atoms with Gasteiger partial charge in [0.25, 0.3) is 5.91 Å². The summed E-state index contributed by atoms with van der Waals surface area (Å²) in [5.74, 6) is 0.138. The van der Waals surface area contributed by atoms with Crippen LogP contribution in [0.25, 0.3) is 0 Å². The van der Waals surface area contributed by atoms with E-state index in [1.54, 1.807) is 26.0 Å². The molecular formula is C17H27N3O3S. The van der Waals surface area contributed by atoms with Crippen LogP contribution in [0.5, 0.6) is 0 Å². The molecule has 0 bridgehead atoms. The largest absolute Gasteiger partial charge is 0.349 e. The van der Waals surface area contributed by atoms with E-state index in [4.69, 9.17) is 5.73 Å². The van der Waals surface area contributed by atoms with E-state index in [1.165, 1.54) is 12.1 Å². The number of carbonyl (C=O) groups is 1. The first-order chi connectivity index (χ1) is 11.3. The highest BCUT2D eigenvalue weighted by Gasteiger charge is 2.25. The molecule has 7 heteroatoms. The first-order valence-electron chi connectivity index (χ1n) is 8.47. The predicted molar refractivity (Wildman–Crippen MR) is 94.2 cm³/mol. The van der Waals surface area contributed by atoms with Crippen LogP contribution >= 0.6 is 0 Å². The Balaban J connectivity index is 2.06. The van der Waals surface area contributed by atoms with Crippen LogP contribution in [-0.4, -0.2) is 33.0 Å². The first kappa shape index (κ1) is 18.9. The molecule has 6 nitrogen and oxygen atoms in total. The van der Waals surface area contributed by atoms with E-state index in [9.17, 15) is 13.2 Å². The van der Waals surface area contributed by atoms with Crippen molar-refractivity contribution in [3.63, 3.8) is 0 Å². The highest BCUT2D eigenvalue weighted by atomic mass is 32.2. The maximum absolute atomic E-state index is 12.4. The van der Waals surface area contributed by atoms with Gasteiger partial charge in [-0.3, -0.25) is 4.79 Å². The van der Waals surface area contributed by atoms with Crippen molar-refractivity contribution in [1.82, 2.24) is 10.0 Å². The summed E-state index contributed by atoms with van der Waals surface area (Å²) in [4.78, 5) is 12.6. The maximum Gasteiger partial charge on any atom is 0.251 e. The molecule has 4 N–H and O–H groups in total. The van der Waals surface area contributed by atoms with Gasteiger partial charge in [0, 0.05) is 17.6 Å². The molecule has 1 saturated carbocycles. The molecule has 1 amide bonds. The number of rotatable bonds is 6. The molecule has 0 saturated heterocycles. The predicted octanol–water partition coefficient (Wildman–Crippen LogP) is 1.62. The topological polar surface area (TPSA) is 101 Å². The third kappa shape index (κ3) is 4.78. The summed E-state index contributed by atoms with van der Waals surface area (Å²) in [5, 5.41) is 3.04. The number of hydrogen-bond acceptors (Lipinski definition) is 4. The fourth-order valence-electron chi connectivity index (χ4n) is 3.10. The number of amides is 1. The molecule has 0 aliphatic heterocycles. The molecule has 0 spiro atoms. The third-order valence-electron chi connectivity index (χ3n) is 4.35.